The molecule has 0 saturated carbocycles. The minimum Gasteiger partial charge on any atom is -0.336 e. The predicted octanol–water partition coefficient (Wildman–Crippen LogP) is 3.74. The third-order valence-electron chi connectivity index (χ3n) is 5.49. The fourth-order valence-electron chi connectivity index (χ4n) is 3.89. The summed E-state index contributed by atoms with van der Waals surface area (Å²) in [7, 11) is 0. The number of nitrogens with zero attached hydrogens (tertiary/aromatic N) is 4. The highest BCUT2D eigenvalue weighted by Gasteiger charge is 2.22. The van der Waals surface area contributed by atoms with Crippen LogP contribution >= 0.6 is 0 Å². The van der Waals surface area contributed by atoms with Gasteiger partial charge in [-0.2, -0.15) is 0 Å². The summed E-state index contributed by atoms with van der Waals surface area (Å²) in [5.41, 5.74) is 5.28. The van der Waals surface area contributed by atoms with Gasteiger partial charge in [0.1, 0.15) is 0 Å². The molecule has 0 atom stereocenters. The number of hydrogen-bond donors (Lipinski definition) is 0. The van der Waals surface area contributed by atoms with Gasteiger partial charge in [-0.05, 0) is 35.9 Å². The largest absolute Gasteiger partial charge is 0.336 e. The Hall–Kier alpha value is -3.31. The summed E-state index contributed by atoms with van der Waals surface area (Å²) in [6.45, 7) is 4.19. The number of carbonyl (C=O) groups is 1. The van der Waals surface area contributed by atoms with Gasteiger partial charge in [-0.25, -0.2) is 9.97 Å². The fourth-order valence-corrected chi connectivity index (χ4v) is 3.89. The molecule has 0 aliphatic carbocycles. The lowest BCUT2D eigenvalue weighted by molar-refractivity contribution is 0.0628. The van der Waals surface area contributed by atoms with E-state index >= 15 is 0 Å². The molecule has 29 heavy (non-hydrogen) atoms. The van der Waals surface area contributed by atoms with E-state index in [0.717, 1.165) is 54.8 Å². The molecule has 1 aromatic heterocycles. The van der Waals surface area contributed by atoms with Crippen molar-refractivity contribution in [1.29, 1.82) is 0 Å². The highest BCUT2D eigenvalue weighted by atomic mass is 16.2. The lowest BCUT2D eigenvalue weighted by atomic mass is 10.1. The molecule has 1 aliphatic heterocycles. The second-order valence-electron chi connectivity index (χ2n) is 7.47. The van der Waals surface area contributed by atoms with Crippen LogP contribution in [-0.4, -0.2) is 51.9 Å². The molecule has 0 radical (unpaired) electrons. The molecule has 3 aromatic carbocycles. The molecule has 5 nitrogen and oxygen atoms in total. The van der Waals surface area contributed by atoms with Gasteiger partial charge in [0.05, 0.1) is 22.1 Å². The number of benzene rings is 3. The molecule has 0 unspecified atom stereocenters. The lowest BCUT2D eigenvalue weighted by Gasteiger charge is -2.34. The lowest BCUT2D eigenvalue weighted by Crippen LogP contribution is -2.48. The molecular formula is C24H22N4O. The molecule has 1 amide bonds. The van der Waals surface area contributed by atoms with Gasteiger partial charge in [-0.1, -0.05) is 42.5 Å². The number of fused-ring (bicyclic) bond motifs is 2. The highest BCUT2D eigenvalue weighted by molar-refractivity contribution is 5.98. The van der Waals surface area contributed by atoms with E-state index in [4.69, 9.17) is 0 Å². The van der Waals surface area contributed by atoms with E-state index in [0.29, 0.717) is 5.56 Å². The quantitative estimate of drug-likeness (QED) is 0.507. The summed E-state index contributed by atoms with van der Waals surface area (Å²) >= 11 is 0. The van der Waals surface area contributed by atoms with Crippen molar-refractivity contribution in [3.8, 4) is 0 Å². The summed E-state index contributed by atoms with van der Waals surface area (Å²) in [6.07, 6.45) is 0. The molecule has 5 rings (SSSR count). The number of piperazine rings is 1. The van der Waals surface area contributed by atoms with Gasteiger partial charge in [0.15, 0.2) is 0 Å². The van der Waals surface area contributed by atoms with Crippen LogP contribution in [0.3, 0.4) is 0 Å². The molecule has 5 heteroatoms. The molecule has 144 valence electrons. The van der Waals surface area contributed by atoms with E-state index in [-0.39, 0.29) is 5.91 Å². The van der Waals surface area contributed by atoms with Gasteiger partial charge in [-0.3, -0.25) is 9.69 Å². The zero-order valence-corrected chi connectivity index (χ0v) is 16.2. The number of amides is 1. The maximum Gasteiger partial charge on any atom is 0.254 e. The zero-order chi connectivity index (χ0) is 19.6. The van der Waals surface area contributed by atoms with Crippen molar-refractivity contribution in [2.45, 2.75) is 6.54 Å². The van der Waals surface area contributed by atoms with Crippen LogP contribution in [0.25, 0.3) is 22.1 Å². The maximum atomic E-state index is 13.0. The Bertz CT molecular complexity index is 1170. The first kappa shape index (κ1) is 17.8. The third kappa shape index (κ3) is 3.69. The Morgan fingerprint density at radius 2 is 1.34 bits per heavy atom. The van der Waals surface area contributed by atoms with E-state index < -0.39 is 0 Å². The Balaban J connectivity index is 1.30. The van der Waals surface area contributed by atoms with Gasteiger partial charge < -0.3 is 4.90 Å². The van der Waals surface area contributed by atoms with Crippen molar-refractivity contribution in [3.05, 3.63) is 83.9 Å². The summed E-state index contributed by atoms with van der Waals surface area (Å²) in [5.74, 6) is 0.0706. The molecule has 1 aliphatic rings. The van der Waals surface area contributed by atoms with E-state index in [2.05, 4.69) is 39.1 Å². The van der Waals surface area contributed by atoms with Gasteiger partial charge in [-0.15, -0.1) is 0 Å². The van der Waals surface area contributed by atoms with Crippen molar-refractivity contribution >= 4 is 28.0 Å². The van der Waals surface area contributed by atoms with E-state index in [9.17, 15) is 4.79 Å². The van der Waals surface area contributed by atoms with Crippen LogP contribution < -0.4 is 0 Å². The van der Waals surface area contributed by atoms with Gasteiger partial charge in [0.2, 0.25) is 0 Å². The van der Waals surface area contributed by atoms with Crippen LogP contribution in [-0.2, 0) is 6.54 Å². The third-order valence-corrected chi connectivity index (χ3v) is 5.49. The van der Waals surface area contributed by atoms with E-state index in [1.54, 1.807) is 0 Å². The normalized spacial score (nSPS) is 15.1. The Labute approximate surface area is 169 Å². The van der Waals surface area contributed by atoms with Gasteiger partial charge in [0, 0.05) is 38.3 Å². The number of rotatable bonds is 3. The van der Waals surface area contributed by atoms with Crippen molar-refractivity contribution in [1.82, 2.24) is 19.8 Å². The number of para-hydroxylation sites is 2. The average molecular weight is 382 g/mol. The summed E-state index contributed by atoms with van der Waals surface area (Å²) in [4.78, 5) is 26.7. The van der Waals surface area contributed by atoms with Crippen LogP contribution in [0.2, 0.25) is 0 Å². The standard InChI is InChI=1S/C24H22N4O/c29-24(28-14-12-27(13-15-28)17-18-6-2-1-3-7-18)19-10-11-22-23(16-19)26-21-9-5-4-8-20(21)25-22/h1-11,16H,12-15,17H2. The SMILES string of the molecule is O=C(c1ccc2nc3ccccc3nc2c1)N1CCN(Cc2ccccc2)CC1. The number of aromatic nitrogens is 2. The minimum atomic E-state index is 0.0706. The Kier molecular flexibility index (Phi) is 4.66. The van der Waals surface area contributed by atoms with Crippen molar-refractivity contribution in [2.24, 2.45) is 0 Å². The van der Waals surface area contributed by atoms with Crippen LogP contribution in [0.1, 0.15) is 15.9 Å². The molecule has 0 spiro atoms. The number of carbonyl (C=O) groups excluding carboxylic acids is 1. The zero-order valence-electron chi connectivity index (χ0n) is 16.2. The molecular weight excluding hydrogens is 360 g/mol. The van der Waals surface area contributed by atoms with Crippen LogP contribution in [0.5, 0.6) is 0 Å². The molecule has 4 aromatic rings. The second kappa shape index (κ2) is 7.60. The molecule has 0 bridgehead atoms. The van der Waals surface area contributed by atoms with Crippen molar-refractivity contribution in [2.75, 3.05) is 26.2 Å². The Morgan fingerprint density at radius 3 is 2.07 bits per heavy atom. The molecule has 1 saturated heterocycles. The summed E-state index contributed by atoms with van der Waals surface area (Å²) in [6, 6.07) is 23.9. The predicted molar refractivity (Wildman–Crippen MR) is 115 cm³/mol. The van der Waals surface area contributed by atoms with Crippen LogP contribution in [0.15, 0.2) is 72.8 Å². The van der Waals surface area contributed by atoms with Crippen LogP contribution in [0.4, 0.5) is 0 Å². The topological polar surface area (TPSA) is 49.3 Å². The molecule has 1 fully saturated rings. The van der Waals surface area contributed by atoms with E-state index in [1.165, 1.54) is 5.56 Å². The van der Waals surface area contributed by atoms with Crippen LogP contribution in [0, 0.1) is 0 Å². The first-order chi connectivity index (χ1) is 14.3. The molecule has 2 heterocycles. The smallest absolute Gasteiger partial charge is 0.254 e. The fraction of sp³-hybridized carbons (Fsp3) is 0.208. The minimum absolute atomic E-state index is 0.0706. The maximum absolute atomic E-state index is 13.0. The number of hydrogen-bond acceptors (Lipinski definition) is 4. The first-order valence-corrected chi connectivity index (χ1v) is 9.98. The Morgan fingerprint density at radius 1 is 0.724 bits per heavy atom. The monoisotopic (exact) mass is 382 g/mol. The average Bonchev–Trinajstić information content (AvgIpc) is 2.78. The first-order valence-electron chi connectivity index (χ1n) is 9.98. The highest BCUT2D eigenvalue weighted by Crippen LogP contribution is 2.19. The summed E-state index contributed by atoms with van der Waals surface area (Å²) < 4.78 is 0. The van der Waals surface area contributed by atoms with Crippen molar-refractivity contribution < 1.29 is 4.79 Å². The van der Waals surface area contributed by atoms with Gasteiger partial charge in [0.25, 0.3) is 5.91 Å². The molecule has 0 N–H and O–H groups in total. The van der Waals surface area contributed by atoms with Crippen molar-refractivity contribution in [3.63, 3.8) is 0 Å². The second-order valence-corrected chi connectivity index (χ2v) is 7.47. The summed E-state index contributed by atoms with van der Waals surface area (Å²) in [5, 5.41) is 0. The van der Waals surface area contributed by atoms with E-state index in [1.807, 2.05) is 53.4 Å². The van der Waals surface area contributed by atoms with Gasteiger partial charge >= 0.3 is 0 Å².